The van der Waals surface area contributed by atoms with E-state index in [1.165, 1.54) is 12.1 Å². The van der Waals surface area contributed by atoms with Crippen molar-refractivity contribution in [3.63, 3.8) is 0 Å². The second-order valence-electron chi connectivity index (χ2n) is 5.76. The van der Waals surface area contributed by atoms with Crippen molar-refractivity contribution in [2.75, 3.05) is 13.1 Å². The first-order chi connectivity index (χ1) is 12.9. The van der Waals surface area contributed by atoms with E-state index in [1.54, 1.807) is 37.3 Å². The number of amides is 2. The van der Waals surface area contributed by atoms with Gasteiger partial charge in [0.25, 0.3) is 11.8 Å². The van der Waals surface area contributed by atoms with Crippen molar-refractivity contribution in [3.05, 3.63) is 58.1 Å². The van der Waals surface area contributed by atoms with E-state index < -0.39 is 6.10 Å². The van der Waals surface area contributed by atoms with Crippen LogP contribution in [0.4, 0.5) is 0 Å². The number of nitrogens with one attached hydrogen (secondary N) is 2. The van der Waals surface area contributed by atoms with Crippen LogP contribution in [0.1, 0.15) is 23.7 Å². The summed E-state index contributed by atoms with van der Waals surface area (Å²) in [6.45, 7) is 2.36. The van der Waals surface area contributed by atoms with Gasteiger partial charge < -0.3 is 20.5 Å². The van der Waals surface area contributed by atoms with Crippen molar-refractivity contribution < 1.29 is 19.4 Å². The van der Waals surface area contributed by atoms with E-state index in [2.05, 4.69) is 10.6 Å². The van der Waals surface area contributed by atoms with Crippen LogP contribution >= 0.6 is 23.2 Å². The molecule has 0 aliphatic carbocycles. The van der Waals surface area contributed by atoms with Crippen LogP contribution in [-0.2, 0) is 4.79 Å². The molecule has 0 fully saturated rings. The zero-order chi connectivity index (χ0) is 19.8. The Bertz CT molecular complexity index is 814. The molecule has 144 valence electrons. The third-order valence-electron chi connectivity index (χ3n) is 3.64. The second kappa shape index (κ2) is 10.0. The third kappa shape index (κ3) is 6.34. The molecule has 0 saturated carbocycles. The summed E-state index contributed by atoms with van der Waals surface area (Å²) in [4.78, 5) is 24.0. The van der Waals surface area contributed by atoms with Crippen LogP contribution in [0.15, 0.2) is 42.5 Å². The predicted octanol–water partition coefficient (Wildman–Crippen LogP) is 3.40. The molecule has 0 heterocycles. The van der Waals surface area contributed by atoms with Crippen molar-refractivity contribution in [1.82, 2.24) is 10.6 Å². The summed E-state index contributed by atoms with van der Waals surface area (Å²) < 4.78 is 5.53. The molecule has 0 aliphatic heterocycles. The summed E-state index contributed by atoms with van der Waals surface area (Å²) in [6, 6.07) is 11.0. The zero-order valence-electron chi connectivity index (χ0n) is 14.7. The lowest BCUT2D eigenvalue weighted by molar-refractivity contribution is -0.127. The molecule has 0 aromatic heterocycles. The Kier molecular flexibility index (Phi) is 7.76. The Morgan fingerprint density at radius 2 is 1.81 bits per heavy atom. The van der Waals surface area contributed by atoms with E-state index in [1.807, 2.05) is 0 Å². The first kappa shape index (κ1) is 20.9. The third-order valence-corrected chi connectivity index (χ3v) is 4.44. The monoisotopic (exact) mass is 410 g/mol. The lowest BCUT2D eigenvalue weighted by Crippen LogP contribution is -2.38. The number of phenols is 1. The van der Waals surface area contributed by atoms with E-state index >= 15 is 0 Å². The quantitative estimate of drug-likeness (QED) is 0.581. The van der Waals surface area contributed by atoms with Crippen LogP contribution in [0.25, 0.3) is 0 Å². The smallest absolute Gasteiger partial charge is 0.260 e. The highest BCUT2D eigenvalue weighted by Gasteiger charge is 2.16. The fourth-order valence-corrected chi connectivity index (χ4v) is 2.55. The number of aromatic hydroxyl groups is 1. The highest BCUT2D eigenvalue weighted by molar-refractivity contribution is 6.42. The van der Waals surface area contributed by atoms with Gasteiger partial charge in [0.2, 0.25) is 0 Å². The van der Waals surface area contributed by atoms with E-state index in [0.717, 1.165) is 0 Å². The molecule has 1 unspecified atom stereocenters. The fourth-order valence-electron chi connectivity index (χ4n) is 2.21. The van der Waals surface area contributed by atoms with E-state index in [4.69, 9.17) is 27.9 Å². The van der Waals surface area contributed by atoms with Gasteiger partial charge in [-0.1, -0.05) is 35.3 Å². The minimum atomic E-state index is -0.747. The normalized spacial score (nSPS) is 11.5. The van der Waals surface area contributed by atoms with Gasteiger partial charge in [-0.15, -0.1) is 0 Å². The Morgan fingerprint density at radius 1 is 1.11 bits per heavy atom. The van der Waals surface area contributed by atoms with Crippen molar-refractivity contribution in [2.45, 2.75) is 19.4 Å². The lowest BCUT2D eigenvalue weighted by Gasteiger charge is -2.16. The van der Waals surface area contributed by atoms with Crippen LogP contribution in [0, 0.1) is 0 Å². The van der Waals surface area contributed by atoms with Crippen LogP contribution < -0.4 is 15.4 Å². The molecule has 2 rings (SSSR count). The molecule has 2 amide bonds. The lowest BCUT2D eigenvalue weighted by atomic mass is 10.2. The van der Waals surface area contributed by atoms with Gasteiger partial charge in [0, 0.05) is 18.7 Å². The van der Waals surface area contributed by atoms with Gasteiger partial charge in [0.05, 0.1) is 5.02 Å². The highest BCUT2D eigenvalue weighted by atomic mass is 35.5. The van der Waals surface area contributed by atoms with Crippen molar-refractivity contribution in [2.24, 2.45) is 0 Å². The average molecular weight is 411 g/mol. The SMILES string of the molecule is CC(Oc1cccc(Cl)c1Cl)C(=O)NCCCNC(=O)c1cccc(O)c1. The number of halogens is 2. The van der Waals surface area contributed by atoms with Crippen molar-refractivity contribution >= 4 is 35.0 Å². The zero-order valence-corrected chi connectivity index (χ0v) is 16.2. The number of ether oxygens (including phenoxy) is 1. The molecule has 3 N–H and O–H groups in total. The first-order valence-corrected chi connectivity index (χ1v) is 9.09. The van der Waals surface area contributed by atoms with Gasteiger partial charge in [-0.3, -0.25) is 9.59 Å². The Morgan fingerprint density at radius 3 is 2.56 bits per heavy atom. The van der Waals surface area contributed by atoms with Crippen LogP contribution in [0.5, 0.6) is 11.5 Å². The minimum absolute atomic E-state index is 0.0312. The number of carbonyl (C=O) groups excluding carboxylic acids is 2. The molecule has 0 saturated heterocycles. The molecule has 2 aromatic carbocycles. The molecule has 6 nitrogen and oxygen atoms in total. The van der Waals surface area contributed by atoms with Crippen LogP contribution in [0.2, 0.25) is 10.0 Å². The summed E-state index contributed by atoms with van der Waals surface area (Å²) in [7, 11) is 0. The summed E-state index contributed by atoms with van der Waals surface area (Å²) in [6.07, 6.45) is -0.205. The van der Waals surface area contributed by atoms with Crippen LogP contribution in [0.3, 0.4) is 0 Å². The Hall–Kier alpha value is -2.44. The fraction of sp³-hybridized carbons (Fsp3) is 0.263. The first-order valence-electron chi connectivity index (χ1n) is 8.34. The summed E-state index contributed by atoms with van der Waals surface area (Å²) in [5, 5.41) is 15.4. The number of hydrogen-bond acceptors (Lipinski definition) is 4. The summed E-state index contributed by atoms with van der Waals surface area (Å²) in [5.74, 6) is -0.219. The molecule has 8 heteroatoms. The Labute approximate surface area is 167 Å². The predicted molar refractivity (Wildman–Crippen MR) is 105 cm³/mol. The molecular formula is C19H20Cl2N2O4. The van der Waals surface area contributed by atoms with Crippen molar-refractivity contribution in [3.8, 4) is 11.5 Å². The van der Waals surface area contributed by atoms with Crippen molar-refractivity contribution in [1.29, 1.82) is 0 Å². The Balaban J connectivity index is 1.69. The van der Waals surface area contributed by atoms with E-state index in [9.17, 15) is 14.7 Å². The molecule has 27 heavy (non-hydrogen) atoms. The maximum absolute atomic E-state index is 12.1. The highest BCUT2D eigenvalue weighted by Crippen LogP contribution is 2.32. The van der Waals surface area contributed by atoms with Gasteiger partial charge in [-0.2, -0.15) is 0 Å². The number of rotatable bonds is 8. The largest absolute Gasteiger partial charge is 0.508 e. The van der Waals surface area contributed by atoms with E-state index in [-0.39, 0.29) is 22.6 Å². The average Bonchev–Trinajstić information content (AvgIpc) is 2.64. The van der Waals surface area contributed by atoms with Gasteiger partial charge in [0.15, 0.2) is 6.10 Å². The van der Waals surface area contributed by atoms with Gasteiger partial charge >= 0.3 is 0 Å². The molecule has 0 bridgehead atoms. The second-order valence-corrected chi connectivity index (χ2v) is 6.55. The topological polar surface area (TPSA) is 87.7 Å². The van der Waals surface area contributed by atoms with Gasteiger partial charge in [-0.05, 0) is 43.7 Å². The van der Waals surface area contributed by atoms with E-state index in [0.29, 0.717) is 35.8 Å². The van der Waals surface area contributed by atoms with Gasteiger partial charge in [0.1, 0.15) is 16.5 Å². The maximum atomic E-state index is 12.1. The number of carbonyl (C=O) groups is 2. The number of phenolic OH excluding ortho intramolecular Hbond substituents is 1. The minimum Gasteiger partial charge on any atom is -0.508 e. The maximum Gasteiger partial charge on any atom is 0.260 e. The standard InChI is InChI=1S/C19H20Cl2N2O4/c1-12(27-16-8-3-7-15(20)17(16)21)18(25)22-9-4-10-23-19(26)13-5-2-6-14(24)11-13/h2-3,5-8,11-12,24H,4,9-10H2,1H3,(H,22,25)(H,23,26). The number of hydrogen-bond donors (Lipinski definition) is 3. The summed E-state index contributed by atoms with van der Waals surface area (Å²) in [5.41, 5.74) is 0.374. The molecule has 2 aromatic rings. The summed E-state index contributed by atoms with van der Waals surface area (Å²) >= 11 is 11.9. The van der Waals surface area contributed by atoms with Crippen LogP contribution in [-0.4, -0.2) is 36.1 Å². The molecular weight excluding hydrogens is 391 g/mol. The molecule has 0 radical (unpaired) electrons. The molecule has 0 aliphatic rings. The molecule has 0 spiro atoms. The van der Waals surface area contributed by atoms with Gasteiger partial charge in [-0.25, -0.2) is 0 Å². The molecule has 1 atom stereocenters. The number of benzene rings is 2.